The summed E-state index contributed by atoms with van der Waals surface area (Å²) >= 11 is 0.229. The topological polar surface area (TPSA) is 109 Å². The van der Waals surface area contributed by atoms with Crippen molar-refractivity contribution in [3.63, 3.8) is 0 Å². The van der Waals surface area contributed by atoms with E-state index in [1.165, 1.54) is 0 Å². The maximum absolute atomic E-state index is 12.7. The Bertz CT molecular complexity index is 1050. The second-order valence-electron chi connectivity index (χ2n) is 8.56. The summed E-state index contributed by atoms with van der Waals surface area (Å²) in [5, 5.41) is 9.72. The molecule has 3 rings (SSSR count). The number of ether oxygens (including phenoxy) is 2. The maximum Gasteiger partial charge on any atom is 0.445 e. The van der Waals surface area contributed by atoms with Crippen LogP contribution >= 0.6 is 11.3 Å². The lowest BCUT2D eigenvalue weighted by molar-refractivity contribution is -0.138. The molecule has 0 atom stereocenters. The molecule has 0 spiro atoms. The summed E-state index contributed by atoms with van der Waals surface area (Å²) in [6.07, 6.45) is -4.99. The molecule has 2 heterocycles. The molecule has 1 aliphatic rings. The fourth-order valence-electron chi connectivity index (χ4n) is 3.23. The molecular weight excluding hydrogens is 489 g/mol. The highest BCUT2D eigenvalue weighted by Gasteiger charge is 2.36. The number of anilines is 3. The molecule has 14 heteroatoms. The van der Waals surface area contributed by atoms with Crippen molar-refractivity contribution in [2.75, 3.05) is 48.3 Å². The Morgan fingerprint density at radius 3 is 2.34 bits per heavy atom. The third-order valence-corrected chi connectivity index (χ3v) is 5.56. The summed E-state index contributed by atoms with van der Waals surface area (Å²) in [5.74, 6) is 0.520. The average Bonchev–Trinajstić information content (AvgIpc) is 3.22. The van der Waals surface area contributed by atoms with Crippen LogP contribution in [-0.2, 0) is 10.9 Å². The molecule has 0 radical (unpaired) electrons. The molecule has 1 fully saturated rings. The average molecular weight is 517 g/mol. The number of rotatable bonds is 5. The zero-order valence-corrected chi connectivity index (χ0v) is 20.5. The first-order chi connectivity index (χ1) is 16.4. The van der Waals surface area contributed by atoms with E-state index in [1.807, 2.05) is 27.7 Å². The van der Waals surface area contributed by atoms with Gasteiger partial charge in [-0.1, -0.05) is 11.3 Å². The lowest BCUT2D eigenvalue weighted by atomic mass is 10.2. The van der Waals surface area contributed by atoms with Gasteiger partial charge >= 0.3 is 18.3 Å². The van der Waals surface area contributed by atoms with Crippen LogP contribution in [0.1, 0.15) is 32.7 Å². The second-order valence-corrected chi connectivity index (χ2v) is 9.54. The SMILES string of the molecule is CCOc1cc(NC(=O)Nc2nnc(C(F)(F)F)s2)ccc1N1CCN(C(=O)OC(C)(C)C)CC1. The van der Waals surface area contributed by atoms with Crippen LogP contribution in [0.15, 0.2) is 18.2 Å². The fourth-order valence-corrected chi connectivity index (χ4v) is 3.83. The molecule has 3 amide bonds. The number of carbonyl (C=O) groups is 2. The van der Waals surface area contributed by atoms with Crippen LogP contribution in [0.5, 0.6) is 5.75 Å². The Morgan fingerprint density at radius 1 is 1.09 bits per heavy atom. The number of benzene rings is 1. The van der Waals surface area contributed by atoms with E-state index in [1.54, 1.807) is 23.1 Å². The number of carbonyl (C=O) groups excluding carboxylic acids is 2. The summed E-state index contributed by atoms with van der Waals surface area (Å²) < 4.78 is 49.1. The molecule has 2 aromatic rings. The minimum absolute atomic E-state index is 0.229. The summed E-state index contributed by atoms with van der Waals surface area (Å²) in [6, 6.07) is 4.28. The van der Waals surface area contributed by atoms with Crippen molar-refractivity contribution in [2.45, 2.75) is 39.5 Å². The first-order valence-electron chi connectivity index (χ1n) is 10.8. The van der Waals surface area contributed by atoms with E-state index < -0.39 is 22.8 Å². The predicted molar refractivity (Wildman–Crippen MR) is 125 cm³/mol. The number of hydrogen-bond donors (Lipinski definition) is 2. The number of halogens is 3. The summed E-state index contributed by atoms with van der Waals surface area (Å²) in [7, 11) is 0. The van der Waals surface area contributed by atoms with Crippen molar-refractivity contribution in [3.05, 3.63) is 23.2 Å². The van der Waals surface area contributed by atoms with Crippen molar-refractivity contribution in [1.29, 1.82) is 0 Å². The number of nitrogens with one attached hydrogen (secondary N) is 2. The Labute approximate surface area is 204 Å². The Balaban J connectivity index is 1.63. The predicted octanol–water partition coefficient (Wildman–Crippen LogP) is 4.66. The molecular formula is C21H27F3N6O4S. The van der Waals surface area contributed by atoms with Gasteiger partial charge in [0.05, 0.1) is 12.3 Å². The quantitative estimate of drug-likeness (QED) is 0.595. The van der Waals surface area contributed by atoms with Gasteiger partial charge in [0.1, 0.15) is 11.4 Å². The standard InChI is InChI=1S/C21H27F3N6O4S/c1-5-33-15-12-13(25-17(31)26-18-28-27-16(35-18)21(22,23)24)6-7-14(15)29-8-10-30(11-9-29)19(32)34-20(2,3)4/h6-7,12H,5,8-11H2,1-4H3,(H2,25,26,28,31). The number of alkyl halides is 3. The Morgan fingerprint density at radius 2 is 1.77 bits per heavy atom. The number of amides is 3. The molecule has 0 unspecified atom stereocenters. The second kappa shape index (κ2) is 10.5. The van der Waals surface area contributed by atoms with Crippen molar-refractivity contribution >= 4 is 40.0 Å². The number of piperazine rings is 1. The maximum atomic E-state index is 12.7. The molecule has 2 N–H and O–H groups in total. The van der Waals surface area contributed by atoms with E-state index in [9.17, 15) is 22.8 Å². The Kier molecular flexibility index (Phi) is 7.93. The van der Waals surface area contributed by atoms with Gasteiger partial charge in [-0.3, -0.25) is 5.32 Å². The van der Waals surface area contributed by atoms with Crippen LogP contribution in [0, 0.1) is 0 Å². The lowest BCUT2D eigenvalue weighted by Crippen LogP contribution is -2.50. The molecule has 1 saturated heterocycles. The zero-order valence-electron chi connectivity index (χ0n) is 19.7. The van der Waals surface area contributed by atoms with E-state index in [4.69, 9.17) is 9.47 Å². The van der Waals surface area contributed by atoms with Gasteiger partial charge in [-0.25, -0.2) is 9.59 Å². The fraction of sp³-hybridized carbons (Fsp3) is 0.524. The van der Waals surface area contributed by atoms with Crippen LogP contribution in [0.3, 0.4) is 0 Å². The smallest absolute Gasteiger partial charge is 0.445 e. The molecule has 1 aromatic carbocycles. The normalized spacial score (nSPS) is 14.5. The van der Waals surface area contributed by atoms with E-state index in [0.29, 0.717) is 44.2 Å². The minimum Gasteiger partial charge on any atom is -0.492 e. The van der Waals surface area contributed by atoms with Gasteiger partial charge in [0, 0.05) is 37.9 Å². The molecule has 192 valence electrons. The monoisotopic (exact) mass is 516 g/mol. The summed E-state index contributed by atoms with van der Waals surface area (Å²) in [5.41, 5.74) is 0.602. The highest BCUT2D eigenvalue weighted by molar-refractivity contribution is 7.15. The highest BCUT2D eigenvalue weighted by Crippen LogP contribution is 2.34. The third kappa shape index (κ3) is 7.34. The number of aromatic nitrogens is 2. The van der Waals surface area contributed by atoms with E-state index >= 15 is 0 Å². The third-order valence-electron chi connectivity index (χ3n) is 4.68. The Hall–Kier alpha value is -3.29. The highest BCUT2D eigenvalue weighted by atomic mass is 32.1. The van der Waals surface area contributed by atoms with E-state index in [0.717, 1.165) is 5.69 Å². The van der Waals surface area contributed by atoms with Crippen molar-refractivity contribution in [1.82, 2.24) is 15.1 Å². The first kappa shape index (κ1) is 26.3. The van der Waals surface area contributed by atoms with Gasteiger partial charge in [-0.15, -0.1) is 10.2 Å². The van der Waals surface area contributed by atoms with Gasteiger partial charge < -0.3 is 24.6 Å². The molecule has 0 saturated carbocycles. The zero-order chi connectivity index (χ0) is 25.8. The first-order valence-corrected chi connectivity index (χ1v) is 11.7. The van der Waals surface area contributed by atoms with Crippen LogP contribution in [-0.4, -0.2) is 65.6 Å². The summed E-state index contributed by atoms with van der Waals surface area (Å²) in [6.45, 7) is 9.73. The van der Waals surface area contributed by atoms with Crippen molar-refractivity contribution < 1.29 is 32.2 Å². The van der Waals surface area contributed by atoms with Crippen LogP contribution in [0.25, 0.3) is 0 Å². The van der Waals surface area contributed by atoms with E-state index in [2.05, 4.69) is 25.7 Å². The number of hydrogen-bond acceptors (Lipinski definition) is 8. The van der Waals surface area contributed by atoms with Crippen LogP contribution in [0.4, 0.5) is 39.3 Å². The van der Waals surface area contributed by atoms with E-state index in [-0.39, 0.29) is 22.6 Å². The molecule has 1 aliphatic heterocycles. The number of urea groups is 1. The van der Waals surface area contributed by atoms with Gasteiger partial charge in [0.2, 0.25) is 10.1 Å². The van der Waals surface area contributed by atoms with Crippen LogP contribution in [0.2, 0.25) is 0 Å². The lowest BCUT2D eigenvalue weighted by Gasteiger charge is -2.37. The van der Waals surface area contributed by atoms with Gasteiger partial charge in [-0.2, -0.15) is 13.2 Å². The van der Waals surface area contributed by atoms with Gasteiger partial charge in [0.15, 0.2) is 0 Å². The molecule has 0 bridgehead atoms. The molecule has 0 aliphatic carbocycles. The van der Waals surface area contributed by atoms with Crippen LogP contribution < -0.4 is 20.3 Å². The van der Waals surface area contributed by atoms with Gasteiger partial charge in [-0.05, 0) is 39.8 Å². The van der Waals surface area contributed by atoms with Crippen molar-refractivity contribution in [3.8, 4) is 5.75 Å². The minimum atomic E-state index is -4.63. The molecule has 35 heavy (non-hydrogen) atoms. The molecule has 1 aromatic heterocycles. The molecule has 10 nitrogen and oxygen atoms in total. The summed E-state index contributed by atoms with van der Waals surface area (Å²) in [4.78, 5) is 28.3. The number of nitrogens with zero attached hydrogens (tertiary/aromatic N) is 4. The van der Waals surface area contributed by atoms with Crippen molar-refractivity contribution in [2.24, 2.45) is 0 Å². The largest absolute Gasteiger partial charge is 0.492 e. The van der Waals surface area contributed by atoms with Gasteiger partial charge in [0.25, 0.3) is 0 Å².